The molecule has 0 aliphatic carbocycles. The number of H-pyrrole nitrogens is 1. The van der Waals surface area contributed by atoms with Crippen molar-refractivity contribution in [2.45, 2.75) is 0 Å². The molecule has 0 fully saturated rings. The lowest BCUT2D eigenvalue weighted by Crippen LogP contribution is -2.33. The zero-order chi connectivity index (χ0) is 8.97. The zero-order valence-electron chi connectivity index (χ0n) is 6.07. The van der Waals surface area contributed by atoms with Gasteiger partial charge < -0.3 is 11.1 Å². The molecule has 0 aliphatic rings. The summed E-state index contributed by atoms with van der Waals surface area (Å²) in [7, 11) is 0. The predicted molar refractivity (Wildman–Crippen MR) is 37.9 cm³/mol. The molecule has 1 heterocycles. The molecule has 12 heavy (non-hydrogen) atoms. The molecule has 0 unspecified atom stereocenters. The first-order valence-corrected chi connectivity index (χ1v) is 3.12. The molecule has 0 saturated heterocycles. The van der Waals surface area contributed by atoms with Crippen molar-refractivity contribution in [2.24, 2.45) is 5.73 Å². The minimum absolute atomic E-state index is 0.122. The Bertz CT molecular complexity index is 280. The van der Waals surface area contributed by atoms with Crippen LogP contribution in [-0.4, -0.2) is 33.8 Å². The van der Waals surface area contributed by atoms with Gasteiger partial charge in [0.1, 0.15) is 0 Å². The summed E-state index contributed by atoms with van der Waals surface area (Å²) in [5.41, 5.74) is 4.92. The second-order valence-electron chi connectivity index (χ2n) is 2.00. The number of carbonyl (C=O) groups excluding carboxylic acids is 2. The van der Waals surface area contributed by atoms with E-state index in [-0.39, 0.29) is 12.2 Å². The first kappa shape index (κ1) is 8.18. The highest BCUT2D eigenvalue weighted by Crippen LogP contribution is 1.86. The van der Waals surface area contributed by atoms with E-state index in [1.807, 2.05) is 0 Å². The number of carbonyl (C=O) groups is 2. The van der Waals surface area contributed by atoms with Gasteiger partial charge in [0.25, 0.3) is 5.91 Å². The molecular weight excluding hydrogens is 162 g/mol. The zero-order valence-corrected chi connectivity index (χ0v) is 6.07. The van der Waals surface area contributed by atoms with Gasteiger partial charge in [-0.3, -0.25) is 9.59 Å². The molecule has 4 N–H and O–H groups in total. The molecule has 1 rings (SSSR count). The van der Waals surface area contributed by atoms with Crippen LogP contribution in [0.15, 0.2) is 6.20 Å². The van der Waals surface area contributed by atoms with Crippen LogP contribution in [0.5, 0.6) is 0 Å². The van der Waals surface area contributed by atoms with Crippen LogP contribution in [0, 0.1) is 0 Å². The Balaban J connectivity index is 2.45. The van der Waals surface area contributed by atoms with Gasteiger partial charge in [0, 0.05) is 0 Å². The van der Waals surface area contributed by atoms with Gasteiger partial charge in [-0.2, -0.15) is 15.4 Å². The van der Waals surface area contributed by atoms with Gasteiger partial charge in [0.05, 0.1) is 12.7 Å². The summed E-state index contributed by atoms with van der Waals surface area (Å²) >= 11 is 0. The molecule has 0 bridgehead atoms. The van der Waals surface area contributed by atoms with Crippen molar-refractivity contribution in [3.05, 3.63) is 11.9 Å². The third-order valence-electron chi connectivity index (χ3n) is 1.07. The average Bonchev–Trinajstić information content (AvgIpc) is 2.51. The van der Waals surface area contributed by atoms with Crippen molar-refractivity contribution >= 4 is 11.8 Å². The SMILES string of the molecule is NC(=O)CNC(=O)c1cn[nH]n1. The fourth-order valence-electron chi connectivity index (χ4n) is 0.569. The second-order valence-corrected chi connectivity index (χ2v) is 2.00. The number of hydrogen-bond acceptors (Lipinski definition) is 4. The molecule has 64 valence electrons. The van der Waals surface area contributed by atoms with Crippen LogP contribution < -0.4 is 11.1 Å². The summed E-state index contributed by atoms with van der Waals surface area (Å²) < 4.78 is 0. The van der Waals surface area contributed by atoms with Crippen LogP contribution in [0.1, 0.15) is 10.5 Å². The largest absolute Gasteiger partial charge is 0.368 e. The van der Waals surface area contributed by atoms with Gasteiger partial charge in [-0.1, -0.05) is 0 Å². The lowest BCUT2D eigenvalue weighted by molar-refractivity contribution is -0.117. The number of nitrogens with one attached hydrogen (secondary N) is 2. The second kappa shape index (κ2) is 3.46. The van der Waals surface area contributed by atoms with Gasteiger partial charge in [0.2, 0.25) is 5.91 Å². The van der Waals surface area contributed by atoms with E-state index in [2.05, 4.69) is 20.7 Å². The van der Waals surface area contributed by atoms with E-state index in [9.17, 15) is 9.59 Å². The lowest BCUT2D eigenvalue weighted by Gasteiger charge is -1.96. The third-order valence-corrected chi connectivity index (χ3v) is 1.07. The summed E-state index contributed by atoms with van der Waals surface area (Å²) in [5.74, 6) is -1.09. The summed E-state index contributed by atoms with van der Waals surface area (Å²) in [4.78, 5) is 21.2. The van der Waals surface area contributed by atoms with E-state index in [4.69, 9.17) is 5.73 Å². The van der Waals surface area contributed by atoms with Gasteiger partial charge in [-0.15, -0.1) is 0 Å². The monoisotopic (exact) mass is 169 g/mol. The Labute approximate surface area is 67.3 Å². The van der Waals surface area contributed by atoms with Gasteiger partial charge in [-0.05, 0) is 0 Å². The summed E-state index contributed by atoms with van der Waals surface area (Å²) in [5, 5.41) is 11.4. The van der Waals surface area contributed by atoms with Crippen molar-refractivity contribution in [2.75, 3.05) is 6.54 Å². The maximum atomic E-state index is 11.0. The van der Waals surface area contributed by atoms with Crippen molar-refractivity contribution in [1.29, 1.82) is 0 Å². The Hall–Kier alpha value is -1.92. The molecule has 0 spiro atoms. The number of hydrogen-bond donors (Lipinski definition) is 3. The lowest BCUT2D eigenvalue weighted by atomic mass is 10.4. The quantitative estimate of drug-likeness (QED) is 0.486. The molecule has 2 amide bonds. The molecule has 1 aromatic heterocycles. The number of aromatic nitrogens is 3. The first-order valence-electron chi connectivity index (χ1n) is 3.12. The first-order chi connectivity index (χ1) is 5.70. The van der Waals surface area contributed by atoms with Gasteiger partial charge in [0.15, 0.2) is 5.69 Å². The van der Waals surface area contributed by atoms with Crippen LogP contribution >= 0.6 is 0 Å². The van der Waals surface area contributed by atoms with Crippen LogP contribution in [0.25, 0.3) is 0 Å². The number of primary amides is 1. The minimum Gasteiger partial charge on any atom is -0.368 e. The number of nitrogens with zero attached hydrogens (tertiary/aromatic N) is 2. The van der Waals surface area contributed by atoms with E-state index < -0.39 is 11.8 Å². The van der Waals surface area contributed by atoms with E-state index >= 15 is 0 Å². The molecule has 7 heteroatoms. The van der Waals surface area contributed by atoms with Gasteiger partial charge >= 0.3 is 0 Å². The average molecular weight is 169 g/mol. The van der Waals surface area contributed by atoms with Crippen molar-refractivity contribution < 1.29 is 9.59 Å². The van der Waals surface area contributed by atoms with E-state index in [0.717, 1.165) is 0 Å². The van der Waals surface area contributed by atoms with E-state index in [1.165, 1.54) is 6.20 Å². The highest BCUT2D eigenvalue weighted by molar-refractivity contribution is 5.94. The predicted octanol–water partition coefficient (Wildman–Crippen LogP) is -1.98. The molecule has 0 aromatic carbocycles. The number of amides is 2. The normalized spacial score (nSPS) is 9.33. The van der Waals surface area contributed by atoms with Crippen LogP contribution in [0.4, 0.5) is 0 Å². The molecule has 0 radical (unpaired) electrons. The highest BCUT2D eigenvalue weighted by Gasteiger charge is 2.07. The molecule has 7 nitrogen and oxygen atoms in total. The fourth-order valence-corrected chi connectivity index (χ4v) is 0.569. The standard InChI is InChI=1S/C5H7N5O2/c6-4(11)2-7-5(12)3-1-8-10-9-3/h1H,2H2,(H2,6,11)(H,7,12)(H,8,9,10). The summed E-state index contributed by atoms with van der Waals surface area (Å²) in [6.07, 6.45) is 1.25. The van der Waals surface area contributed by atoms with E-state index in [0.29, 0.717) is 0 Å². The molecular formula is C5H7N5O2. The maximum absolute atomic E-state index is 11.0. The van der Waals surface area contributed by atoms with Gasteiger partial charge in [-0.25, -0.2) is 0 Å². The van der Waals surface area contributed by atoms with Crippen LogP contribution in [0.3, 0.4) is 0 Å². The van der Waals surface area contributed by atoms with Crippen molar-refractivity contribution in [3.63, 3.8) is 0 Å². The number of aromatic amines is 1. The van der Waals surface area contributed by atoms with Crippen molar-refractivity contribution in [3.8, 4) is 0 Å². The topological polar surface area (TPSA) is 114 Å². The summed E-state index contributed by atoms with van der Waals surface area (Å²) in [6.45, 7) is -0.203. The summed E-state index contributed by atoms with van der Waals surface area (Å²) in [6, 6.07) is 0. The van der Waals surface area contributed by atoms with Crippen molar-refractivity contribution in [1.82, 2.24) is 20.7 Å². The molecule has 0 saturated carbocycles. The Morgan fingerprint density at radius 2 is 2.42 bits per heavy atom. The highest BCUT2D eigenvalue weighted by atomic mass is 16.2. The Morgan fingerprint density at radius 1 is 1.67 bits per heavy atom. The fraction of sp³-hybridized carbons (Fsp3) is 0.200. The maximum Gasteiger partial charge on any atom is 0.273 e. The molecule has 0 atom stereocenters. The minimum atomic E-state index is -0.605. The third kappa shape index (κ3) is 2.04. The smallest absolute Gasteiger partial charge is 0.273 e. The number of nitrogens with two attached hydrogens (primary N) is 1. The Morgan fingerprint density at radius 3 is 2.92 bits per heavy atom. The molecule has 1 aromatic rings. The molecule has 0 aliphatic heterocycles. The van der Waals surface area contributed by atoms with Crippen LogP contribution in [-0.2, 0) is 4.79 Å². The number of rotatable bonds is 3. The Kier molecular flexibility index (Phi) is 2.36. The van der Waals surface area contributed by atoms with E-state index in [1.54, 1.807) is 0 Å². The van der Waals surface area contributed by atoms with Crippen LogP contribution in [0.2, 0.25) is 0 Å².